The van der Waals surface area contributed by atoms with E-state index in [1.54, 1.807) is 18.4 Å². The first-order valence-corrected chi connectivity index (χ1v) is 9.36. The van der Waals surface area contributed by atoms with Crippen LogP contribution in [0, 0.1) is 6.92 Å². The van der Waals surface area contributed by atoms with Crippen LogP contribution in [-0.4, -0.2) is 34.3 Å². The van der Waals surface area contributed by atoms with Gasteiger partial charge in [0.05, 0.1) is 16.4 Å². The highest BCUT2D eigenvalue weighted by Gasteiger charge is 2.13. The van der Waals surface area contributed by atoms with Gasteiger partial charge in [-0.3, -0.25) is 9.67 Å². The van der Waals surface area contributed by atoms with Crippen LogP contribution in [0.3, 0.4) is 0 Å². The number of aryl methyl sites for hydroxylation is 3. The molecule has 2 rings (SSSR count). The molecule has 0 saturated heterocycles. The highest BCUT2D eigenvalue weighted by molar-refractivity contribution is 7.09. The van der Waals surface area contributed by atoms with Crippen molar-refractivity contribution in [2.24, 2.45) is 12.0 Å². The summed E-state index contributed by atoms with van der Waals surface area (Å²) in [6, 6.07) is 0. The Morgan fingerprint density at radius 1 is 1.29 bits per heavy atom. The fourth-order valence-corrected chi connectivity index (χ4v) is 3.47. The maximum absolute atomic E-state index is 4.62. The van der Waals surface area contributed by atoms with E-state index < -0.39 is 0 Å². The summed E-state index contributed by atoms with van der Waals surface area (Å²) >= 11 is 1.69. The topological polar surface area (TPSA) is 67.1 Å². The molecule has 24 heavy (non-hydrogen) atoms. The molecular weight excluding hydrogens is 320 g/mol. The molecule has 0 radical (unpaired) electrons. The van der Waals surface area contributed by atoms with Crippen LogP contribution in [0.2, 0.25) is 0 Å². The molecule has 0 amide bonds. The van der Waals surface area contributed by atoms with Crippen molar-refractivity contribution >= 4 is 17.3 Å². The van der Waals surface area contributed by atoms with E-state index in [0.29, 0.717) is 0 Å². The molecule has 2 heterocycles. The summed E-state index contributed by atoms with van der Waals surface area (Å²) in [5, 5.41) is 14.6. The molecule has 2 aromatic rings. The molecule has 0 aliphatic heterocycles. The molecule has 6 nitrogen and oxygen atoms in total. The highest BCUT2D eigenvalue weighted by Crippen LogP contribution is 2.15. The Balaban J connectivity index is 1.89. The molecule has 0 aliphatic rings. The number of thiazole rings is 1. The maximum Gasteiger partial charge on any atom is 0.191 e. The summed E-state index contributed by atoms with van der Waals surface area (Å²) in [6.07, 6.45) is 2.83. The smallest absolute Gasteiger partial charge is 0.191 e. The Labute approximate surface area is 148 Å². The molecule has 0 fully saturated rings. The zero-order chi connectivity index (χ0) is 17.5. The molecule has 2 aromatic heterocycles. The van der Waals surface area contributed by atoms with Crippen molar-refractivity contribution in [2.45, 2.75) is 46.6 Å². The van der Waals surface area contributed by atoms with Gasteiger partial charge in [0.1, 0.15) is 0 Å². The molecule has 2 N–H and O–H groups in total. The van der Waals surface area contributed by atoms with Crippen molar-refractivity contribution in [3.8, 4) is 0 Å². The third kappa shape index (κ3) is 4.56. The van der Waals surface area contributed by atoms with Crippen LogP contribution >= 0.6 is 11.3 Å². The maximum atomic E-state index is 4.62. The zero-order valence-electron chi connectivity index (χ0n) is 15.3. The van der Waals surface area contributed by atoms with Gasteiger partial charge >= 0.3 is 0 Å². The summed E-state index contributed by atoms with van der Waals surface area (Å²) < 4.78 is 2.00. The number of nitrogens with one attached hydrogen (secondary N) is 2. The van der Waals surface area contributed by atoms with Gasteiger partial charge in [0, 0.05) is 50.2 Å². The second-order valence-corrected chi connectivity index (χ2v) is 6.73. The van der Waals surface area contributed by atoms with E-state index in [0.717, 1.165) is 54.7 Å². The van der Waals surface area contributed by atoms with Gasteiger partial charge in [-0.2, -0.15) is 5.10 Å². The summed E-state index contributed by atoms with van der Waals surface area (Å²) in [4.78, 5) is 8.79. The van der Waals surface area contributed by atoms with E-state index in [9.17, 15) is 0 Å². The van der Waals surface area contributed by atoms with Gasteiger partial charge in [-0.05, 0) is 19.8 Å². The predicted octanol–water partition coefficient (Wildman–Crippen LogP) is 2.22. The van der Waals surface area contributed by atoms with Crippen molar-refractivity contribution in [1.29, 1.82) is 0 Å². The van der Waals surface area contributed by atoms with Crippen molar-refractivity contribution in [1.82, 2.24) is 25.4 Å². The van der Waals surface area contributed by atoms with Gasteiger partial charge in [-0.25, -0.2) is 4.98 Å². The molecule has 132 valence electrons. The number of nitrogens with zero attached hydrogens (tertiary/aromatic N) is 4. The van der Waals surface area contributed by atoms with E-state index in [1.165, 1.54) is 11.3 Å². The number of aliphatic imine (C=N–C) groups is 1. The molecule has 7 heteroatoms. The lowest BCUT2D eigenvalue weighted by molar-refractivity contribution is 0.702. The van der Waals surface area contributed by atoms with E-state index in [4.69, 9.17) is 0 Å². The largest absolute Gasteiger partial charge is 0.356 e. The monoisotopic (exact) mass is 348 g/mol. The summed E-state index contributed by atoms with van der Waals surface area (Å²) in [5.74, 6) is 0.815. The molecule has 0 atom stereocenters. The minimum atomic E-state index is 0.746. The average molecular weight is 349 g/mol. The number of rotatable bonds is 7. The fraction of sp³-hybridized carbons (Fsp3) is 0.588. The number of guanidine groups is 1. The van der Waals surface area contributed by atoms with Crippen LogP contribution in [0.25, 0.3) is 0 Å². The van der Waals surface area contributed by atoms with Gasteiger partial charge in [0.2, 0.25) is 0 Å². The first-order chi connectivity index (χ1) is 11.6. The molecule has 0 aromatic carbocycles. The highest BCUT2D eigenvalue weighted by atomic mass is 32.1. The normalized spacial score (nSPS) is 11.8. The molecule has 0 bridgehead atoms. The van der Waals surface area contributed by atoms with Crippen molar-refractivity contribution < 1.29 is 0 Å². The molecule has 0 unspecified atom stereocenters. The standard InChI is InChI=1S/C17H28N6S/c1-6-15-14(16(7-2)23(5)22-15)10-20-17(18-4)19-9-8-13-11-24-12(3)21-13/h11H,6-10H2,1-5H3,(H2,18,19,20). The summed E-state index contributed by atoms with van der Waals surface area (Å²) in [6.45, 7) is 7.91. The van der Waals surface area contributed by atoms with Crippen molar-refractivity contribution in [3.63, 3.8) is 0 Å². The Morgan fingerprint density at radius 2 is 2.08 bits per heavy atom. The SMILES string of the molecule is CCc1nn(C)c(CC)c1CNC(=NC)NCCc1csc(C)n1. The van der Waals surface area contributed by atoms with Crippen LogP contribution < -0.4 is 10.6 Å². The molecule has 0 spiro atoms. The van der Waals surface area contributed by atoms with Crippen LogP contribution in [-0.2, 0) is 32.9 Å². The zero-order valence-corrected chi connectivity index (χ0v) is 16.1. The Kier molecular flexibility index (Phi) is 6.78. The summed E-state index contributed by atoms with van der Waals surface area (Å²) in [5.41, 5.74) is 4.87. The Hall–Kier alpha value is -1.89. The van der Waals surface area contributed by atoms with Crippen LogP contribution in [0.4, 0.5) is 0 Å². The van der Waals surface area contributed by atoms with E-state index in [-0.39, 0.29) is 0 Å². The lowest BCUT2D eigenvalue weighted by atomic mass is 10.1. The first-order valence-electron chi connectivity index (χ1n) is 8.48. The second-order valence-electron chi connectivity index (χ2n) is 5.66. The van der Waals surface area contributed by atoms with E-state index >= 15 is 0 Å². The third-order valence-corrected chi connectivity index (χ3v) is 4.85. The minimum Gasteiger partial charge on any atom is -0.356 e. The minimum absolute atomic E-state index is 0.746. The average Bonchev–Trinajstić information content (AvgIpc) is 3.13. The second kappa shape index (κ2) is 8.82. The van der Waals surface area contributed by atoms with Gasteiger partial charge in [-0.1, -0.05) is 13.8 Å². The molecule has 0 aliphatic carbocycles. The quantitative estimate of drug-likeness (QED) is 0.595. The van der Waals surface area contributed by atoms with Gasteiger partial charge in [0.15, 0.2) is 5.96 Å². The predicted molar refractivity (Wildman–Crippen MR) is 101 cm³/mol. The Bertz CT molecular complexity index is 685. The van der Waals surface area contributed by atoms with Gasteiger partial charge < -0.3 is 10.6 Å². The molecular formula is C17H28N6S. The molecule has 0 saturated carbocycles. The summed E-state index contributed by atoms with van der Waals surface area (Å²) in [7, 11) is 3.82. The third-order valence-electron chi connectivity index (χ3n) is 4.02. The van der Waals surface area contributed by atoms with Gasteiger partial charge in [0.25, 0.3) is 0 Å². The number of hydrogen-bond donors (Lipinski definition) is 2. The Morgan fingerprint density at radius 3 is 2.67 bits per heavy atom. The fourth-order valence-electron chi connectivity index (χ4n) is 2.82. The van der Waals surface area contributed by atoms with Crippen molar-refractivity contribution in [3.05, 3.63) is 33.0 Å². The van der Waals surface area contributed by atoms with Crippen molar-refractivity contribution in [2.75, 3.05) is 13.6 Å². The van der Waals surface area contributed by atoms with E-state index in [1.807, 2.05) is 18.7 Å². The number of aromatic nitrogens is 3. The van der Waals surface area contributed by atoms with Crippen LogP contribution in [0.15, 0.2) is 10.4 Å². The van der Waals surface area contributed by atoms with Gasteiger partial charge in [-0.15, -0.1) is 11.3 Å². The number of hydrogen-bond acceptors (Lipinski definition) is 4. The van der Waals surface area contributed by atoms with Crippen LogP contribution in [0.1, 0.15) is 41.5 Å². The lowest BCUT2D eigenvalue weighted by Crippen LogP contribution is -2.38. The lowest BCUT2D eigenvalue weighted by Gasteiger charge is -2.12. The van der Waals surface area contributed by atoms with Crippen LogP contribution in [0.5, 0.6) is 0 Å². The van der Waals surface area contributed by atoms with E-state index in [2.05, 4.69) is 44.9 Å². The first kappa shape index (κ1) is 18.4.